The number of hydrogen-bond acceptors (Lipinski definition) is 6. The minimum Gasteiger partial charge on any atom is -0.266 e. The number of nitrogens with zero attached hydrogens (tertiary/aromatic N) is 3. The van der Waals surface area contributed by atoms with Crippen LogP contribution in [-0.2, 0) is 0 Å². The molecule has 0 aliphatic rings. The average molecular weight is 397 g/mol. The van der Waals surface area contributed by atoms with E-state index in [1.807, 2.05) is 47.8 Å². The molecule has 5 aromatic rings. The Bertz CT molecular complexity index is 1310. The highest BCUT2D eigenvalue weighted by Crippen LogP contribution is 2.39. The van der Waals surface area contributed by atoms with E-state index >= 15 is 0 Å². The fourth-order valence-corrected chi connectivity index (χ4v) is 4.75. The van der Waals surface area contributed by atoms with E-state index in [4.69, 9.17) is 16.6 Å². The topological polar surface area (TPSA) is 71.5 Å². The van der Waals surface area contributed by atoms with Gasteiger partial charge >= 0.3 is 0 Å². The van der Waals surface area contributed by atoms with Crippen LogP contribution in [0.25, 0.3) is 42.1 Å². The number of fused-ring (bicyclic) bond motifs is 3. The Morgan fingerprint density at radius 1 is 1.12 bits per heavy atom. The van der Waals surface area contributed by atoms with Gasteiger partial charge in [-0.1, -0.05) is 35.0 Å². The Morgan fingerprint density at radius 3 is 2.73 bits per heavy atom. The molecule has 8 heteroatoms. The van der Waals surface area contributed by atoms with Crippen LogP contribution in [0.1, 0.15) is 0 Å². The fraction of sp³-hybridized carbons (Fsp3) is 0. The van der Waals surface area contributed by atoms with E-state index < -0.39 is 0 Å². The molecule has 126 valence electrons. The number of rotatable bonds is 2. The lowest BCUT2D eigenvalue weighted by Gasteiger charge is -2.07. The SMILES string of the molecule is O=c1[nH]nnc2c1sc1nc(-c3cccs3)cc(-c3ccc(Cl)cc3)c12. The van der Waals surface area contributed by atoms with Gasteiger partial charge in [0.05, 0.1) is 10.6 Å². The van der Waals surface area contributed by atoms with E-state index in [2.05, 4.69) is 15.4 Å². The molecule has 4 aromatic heterocycles. The van der Waals surface area contributed by atoms with Crippen LogP contribution in [0.2, 0.25) is 5.02 Å². The summed E-state index contributed by atoms with van der Waals surface area (Å²) >= 11 is 9.01. The molecule has 0 fully saturated rings. The zero-order valence-electron chi connectivity index (χ0n) is 13.1. The predicted molar refractivity (Wildman–Crippen MR) is 107 cm³/mol. The predicted octanol–water partition coefficient (Wildman–Crippen LogP) is 4.98. The van der Waals surface area contributed by atoms with E-state index in [0.717, 1.165) is 31.9 Å². The highest BCUT2D eigenvalue weighted by Gasteiger charge is 2.18. The molecule has 1 N–H and O–H groups in total. The monoisotopic (exact) mass is 396 g/mol. The van der Waals surface area contributed by atoms with Gasteiger partial charge in [0, 0.05) is 10.4 Å². The summed E-state index contributed by atoms with van der Waals surface area (Å²) in [5.41, 5.74) is 3.14. The van der Waals surface area contributed by atoms with Crippen LogP contribution in [0.4, 0.5) is 0 Å². The van der Waals surface area contributed by atoms with Gasteiger partial charge in [0.2, 0.25) is 0 Å². The van der Waals surface area contributed by atoms with Crippen LogP contribution < -0.4 is 5.56 Å². The van der Waals surface area contributed by atoms with E-state index in [0.29, 0.717) is 15.2 Å². The Labute approximate surface area is 159 Å². The summed E-state index contributed by atoms with van der Waals surface area (Å²) in [5, 5.41) is 13.8. The molecule has 26 heavy (non-hydrogen) atoms. The minimum absolute atomic E-state index is 0.252. The van der Waals surface area contributed by atoms with Crippen LogP contribution in [0.3, 0.4) is 0 Å². The van der Waals surface area contributed by atoms with Crippen LogP contribution in [0.15, 0.2) is 52.6 Å². The summed E-state index contributed by atoms with van der Waals surface area (Å²) in [5.74, 6) is 0. The van der Waals surface area contributed by atoms with Crippen molar-refractivity contribution in [3.05, 3.63) is 63.2 Å². The van der Waals surface area contributed by atoms with Gasteiger partial charge in [-0.2, -0.15) is 0 Å². The van der Waals surface area contributed by atoms with Crippen LogP contribution in [0.5, 0.6) is 0 Å². The number of aromatic nitrogens is 4. The molecule has 5 nitrogen and oxygen atoms in total. The standard InChI is InChI=1S/C18H9ClN4OS2/c19-10-5-3-9(4-6-10)11-8-12(13-2-1-7-25-13)20-18-14(11)15-16(26-18)17(24)22-23-21-15/h1-8H,(H,21,22,24). The van der Waals surface area contributed by atoms with Crippen molar-refractivity contribution in [1.29, 1.82) is 0 Å². The van der Waals surface area contributed by atoms with Crippen LogP contribution in [-0.4, -0.2) is 20.4 Å². The Balaban J connectivity index is 1.93. The minimum atomic E-state index is -0.252. The first kappa shape index (κ1) is 15.6. The van der Waals surface area contributed by atoms with E-state index in [1.54, 1.807) is 11.3 Å². The molecule has 4 heterocycles. The highest BCUT2D eigenvalue weighted by atomic mass is 35.5. The molecule has 0 bridgehead atoms. The van der Waals surface area contributed by atoms with Crippen molar-refractivity contribution in [3.63, 3.8) is 0 Å². The van der Waals surface area contributed by atoms with Gasteiger partial charge in [-0.3, -0.25) is 4.79 Å². The van der Waals surface area contributed by atoms with Crippen molar-refractivity contribution >= 4 is 54.7 Å². The summed E-state index contributed by atoms with van der Waals surface area (Å²) in [7, 11) is 0. The quantitative estimate of drug-likeness (QED) is 0.457. The molecule has 0 aliphatic carbocycles. The van der Waals surface area contributed by atoms with Gasteiger partial charge in [-0.15, -0.1) is 27.8 Å². The smallest absolute Gasteiger partial charge is 0.266 e. The number of H-pyrrole nitrogens is 1. The molecular weight excluding hydrogens is 388 g/mol. The number of thiophene rings is 2. The summed E-state index contributed by atoms with van der Waals surface area (Å²) < 4.78 is 0.529. The Morgan fingerprint density at radius 2 is 1.96 bits per heavy atom. The average Bonchev–Trinajstić information content (AvgIpc) is 3.30. The van der Waals surface area contributed by atoms with E-state index in [9.17, 15) is 4.79 Å². The second kappa shape index (κ2) is 5.98. The maximum Gasteiger partial charge on any atom is 0.285 e. The van der Waals surface area contributed by atoms with Crippen molar-refractivity contribution in [1.82, 2.24) is 20.4 Å². The first-order valence-electron chi connectivity index (χ1n) is 7.69. The maximum absolute atomic E-state index is 12.2. The summed E-state index contributed by atoms with van der Waals surface area (Å²) in [6, 6.07) is 13.7. The zero-order valence-corrected chi connectivity index (χ0v) is 15.5. The molecule has 0 aliphatic heterocycles. The summed E-state index contributed by atoms with van der Waals surface area (Å²) in [6.07, 6.45) is 0. The first-order valence-corrected chi connectivity index (χ1v) is 9.76. The van der Waals surface area contributed by atoms with E-state index in [1.165, 1.54) is 11.3 Å². The molecule has 0 saturated carbocycles. The number of halogens is 1. The number of pyridine rings is 1. The maximum atomic E-state index is 12.2. The third-order valence-corrected chi connectivity index (χ3v) is 6.29. The van der Waals surface area contributed by atoms with Crippen molar-refractivity contribution in [3.8, 4) is 21.7 Å². The normalized spacial score (nSPS) is 11.4. The van der Waals surface area contributed by atoms with Crippen molar-refractivity contribution in [2.24, 2.45) is 0 Å². The molecule has 5 rings (SSSR count). The number of hydrogen-bond donors (Lipinski definition) is 1. The number of benzene rings is 1. The largest absolute Gasteiger partial charge is 0.285 e. The van der Waals surface area contributed by atoms with Gasteiger partial charge in [-0.25, -0.2) is 10.1 Å². The number of aromatic amines is 1. The van der Waals surface area contributed by atoms with Gasteiger partial charge in [-0.05, 0) is 40.8 Å². The van der Waals surface area contributed by atoms with Crippen LogP contribution in [0, 0.1) is 0 Å². The lowest BCUT2D eigenvalue weighted by molar-refractivity contribution is 0.876. The van der Waals surface area contributed by atoms with Crippen LogP contribution >= 0.6 is 34.3 Å². The summed E-state index contributed by atoms with van der Waals surface area (Å²) in [6.45, 7) is 0. The van der Waals surface area contributed by atoms with Crippen molar-refractivity contribution < 1.29 is 0 Å². The first-order chi connectivity index (χ1) is 12.7. The summed E-state index contributed by atoms with van der Waals surface area (Å²) in [4.78, 5) is 18.8. The lowest BCUT2D eigenvalue weighted by Crippen LogP contribution is -2.07. The second-order valence-electron chi connectivity index (χ2n) is 5.64. The Kier molecular flexibility index (Phi) is 3.59. The second-order valence-corrected chi connectivity index (χ2v) is 8.02. The molecule has 0 atom stereocenters. The van der Waals surface area contributed by atoms with Gasteiger partial charge in [0.1, 0.15) is 15.0 Å². The highest BCUT2D eigenvalue weighted by molar-refractivity contribution is 7.25. The third-order valence-electron chi connectivity index (χ3n) is 4.07. The molecule has 0 radical (unpaired) electrons. The van der Waals surface area contributed by atoms with Gasteiger partial charge in [0.15, 0.2) is 0 Å². The number of nitrogens with one attached hydrogen (secondary N) is 1. The zero-order chi connectivity index (χ0) is 17.7. The lowest BCUT2D eigenvalue weighted by atomic mass is 10.0. The Hall–Kier alpha value is -2.61. The molecular formula is C18H9ClN4OS2. The van der Waals surface area contributed by atoms with Gasteiger partial charge in [0.25, 0.3) is 5.56 Å². The molecule has 0 spiro atoms. The van der Waals surface area contributed by atoms with Gasteiger partial charge < -0.3 is 0 Å². The van der Waals surface area contributed by atoms with E-state index in [-0.39, 0.29) is 5.56 Å². The van der Waals surface area contributed by atoms with Crippen molar-refractivity contribution in [2.45, 2.75) is 0 Å². The van der Waals surface area contributed by atoms with Crippen molar-refractivity contribution in [2.75, 3.05) is 0 Å². The fourth-order valence-electron chi connectivity index (χ4n) is 2.91. The molecule has 0 amide bonds. The third kappa shape index (κ3) is 2.44. The molecule has 0 unspecified atom stereocenters. The molecule has 1 aromatic carbocycles. The molecule has 0 saturated heterocycles.